The van der Waals surface area contributed by atoms with Crippen LogP contribution in [0.2, 0.25) is 0 Å². The number of hydrogen-bond acceptors (Lipinski definition) is 5. The molecule has 1 saturated carbocycles. The van der Waals surface area contributed by atoms with Gasteiger partial charge in [-0.3, -0.25) is 0 Å². The van der Waals surface area contributed by atoms with Gasteiger partial charge >= 0.3 is 6.03 Å². The average Bonchev–Trinajstić information content (AvgIpc) is 3.30. The van der Waals surface area contributed by atoms with Crippen molar-refractivity contribution in [1.29, 1.82) is 0 Å². The number of carbonyl (C=O) groups is 1. The number of furan rings is 1. The number of nitrogens with zero attached hydrogens (tertiary/aromatic N) is 3. The molecule has 0 aromatic carbocycles. The highest BCUT2D eigenvalue weighted by molar-refractivity contribution is 5.74. The maximum absolute atomic E-state index is 12.4. The van der Waals surface area contributed by atoms with Gasteiger partial charge in [0.05, 0.1) is 12.8 Å². The third-order valence-corrected chi connectivity index (χ3v) is 5.18. The first-order valence-corrected chi connectivity index (χ1v) is 8.69. The molecule has 2 aliphatic rings. The van der Waals surface area contributed by atoms with Crippen molar-refractivity contribution in [3.63, 3.8) is 0 Å². The van der Waals surface area contributed by atoms with Crippen molar-refractivity contribution in [2.45, 2.75) is 38.6 Å². The van der Waals surface area contributed by atoms with Crippen LogP contribution in [-0.2, 0) is 6.54 Å². The molecule has 3 heterocycles. The van der Waals surface area contributed by atoms with Gasteiger partial charge in [-0.05, 0) is 36.8 Å². The van der Waals surface area contributed by atoms with Crippen LogP contribution in [0.15, 0.2) is 27.3 Å². The molecule has 1 aliphatic carbocycles. The summed E-state index contributed by atoms with van der Waals surface area (Å²) in [4.78, 5) is 18.6. The van der Waals surface area contributed by atoms with Crippen molar-refractivity contribution in [3.05, 3.63) is 24.2 Å². The number of amides is 2. The predicted octanol–water partition coefficient (Wildman–Crippen LogP) is 3.05. The molecule has 1 saturated heterocycles. The van der Waals surface area contributed by atoms with Gasteiger partial charge in [-0.2, -0.15) is 4.98 Å². The van der Waals surface area contributed by atoms with Crippen LogP contribution in [0.3, 0.4) is 0 Å². The lowest BCUT2D eigenvalue weighted by Crippen LogP contribution is -2.48. The van der Waals surface area contributed by atoms with Gasteiger partial charge in [0.1, 0.15) is 0 Å². The molecule has 128 valence electrons. The van der Waals surface area contributed by atoms with Crippen LogP contribution >= 0.6 is 0 Å². The molecule has 4 rings (SSSR count). The van der Waals surface area contributed by atoms with E-state index in [0.717, 1.165) is 25.4 Å². The summed E-state index contributed by atoms with van der Waals surface area (Å²) in [6.07, 6.45) is 7.92. The summed E-state index contributed by atoms with van der Waals surface area (Å²) in [7, 11) is 0. The Hall–Kier alpha value is -2.31. The van der Waals surface area contributed by atoms with Crippen molar-refractivity contribution in [1.82, 2.24) is 20.4 Å². The largest absolute Gasteiger partial charge is 0.459 e. The van der Waals surface area contributed by atoms with Gasteiger partial charge in [-0.25, -0.2) is 4.79 Å². The standard InChI is InChI=1S/C17H22N4O3/c22-17(21-8-7-12-4-1-2-5-13(12)11-21)18-10-15-19-16(24-20-15)14-6-3-9-23-14/h3,6,9,12-13H,1-2,4-5,7-8,10-11H2,(H,18,22). The first kappa shape index (κ1) is 15.2. The Balaban J connectivity index is 1.30. The van der Waals surface area contributed by atoms with E-state index < -0.39 is 0 Å². The molecule has 2 atom stereocenters. The van der Waals surface area contributed by atoms with E-state index >= 15 is 0 Å². The van der Waals surface area contributed by atoms with E-state index in [9.17, 15) is 4.79 Å². The van der Waals surface area contributed by atoms with E-state index in [2.05, 4.69) is 15.5 Å². The number of aromatic nitrogens is 2. The highest BCUT2D eigenvalue weighted by Gasteiger charge is 2.32. The Morgan fingerprint density at radius 3 is 3.00 bits per heavy atom. The Kier molecular flexibility index (Phi) is 4.23. The van der Waals surface area contributed by atoms with Gasteiger partial charge in [0.15, 0.2) is 11.6 Å². The fourth-order valence-corrected chi connectivity index (χ4v) is 3.88. The quantitative estimate of drug-likeness (QED) is 0.935. The van der Waals surface area contributed by atoms with Crippen LogP contribution in [0.25, 0.3) is 11.7 Å². The molecule has 0 radical (unpaired) electrons. The van der Waals surface area contributed by atoms with Crippen LogP contribution in [0.4, 0.5) is 4.79 Å². The average molecular weight is 330 g/mol. The summed E-state index contributed by atoms with van der Waals surface area (Å²) >= 11 is 0. The number of urea groups is 1. The summed E-state index contributed by atoms with van der Waals surface area (Å²) in [5.74, 6) is 2.79. The Morgan fingerprint density at radius 1 is 1.29 bits per heavy atom. The van der Waals surface area contributed by atoms with E-state index in [-0.39, 0.29) is 12.6 Å². The number of likely N-dealkylation sites (tertiary alicyclic amines) is 1. The Bertz CT molecular complexity index is 682. The third-order valence-electron chi connectivity index (χ3n) is 5.18. The number of fused-ring (bicyclic) bond motifs is 1. The van der Waals surface area contributed by atoms with Crippen LogP contribution in [0, 0.1) is 11.8 Å². The summed E-state index contributed by atoms with van der Waals surface area (Å²) in [6, 6.07) is 3.48. The fourth-order valence-electron chi connectivity index (χ4n) is 3.88. The van der Waals surface area contributed by atoms with E-state index in [4.69, 9.17) is 8.94 Å². The number of piperidine rings is 1. The van der Waals surface area contributed by atoms with E-state index in [1.807, 2.05) is 4.90 Å². The minimum absolute atomic E-state index is 0.0385. The topological polar surface area (TPSA) is 84.4 Å². The highest BCUT2D eigenvalue weighted by Crippen LogP contribution is 2.35. The maximum atomic E-state index is 12.4. The SMILES string of the molecule is O=C(NCc1noc(-c2ccco2)n1)N1CCC2CCCCC2C1. The molecule has 7 heteroatoms. The van der Waals surface area contributed by atoms with Crippen LogP contribution < -0.4 is 5.32 Å². The molecule has 7 nitrogen and oxygen atoms in total. The van der Waals surface area contributed by atoms with Gasteiger partial charge in [0.2, 0.25) is 0 Å². The van der Waals surface area contributed by atoms with Crippen LogP contribution in [-0.4, -0.2) is 34.2 Å². The summed E-state index contributed by atoms with van der Waals surface area (Å²) in [5, 5.41) is 6.77. The number of rotatable bonds is 3. The van der Waals surface area contributed by atoms with Crippen LogP contribution in [0.5, 0.6) is 0 Å². The second-order valence-electron chi connectivity index (χ2n) is 6.69. The van der Waals surface area contributed by atoms with E-state index in [1.165, 1.54) is 25.7 Å². The first-order chi connectivity index (χ1) is 11.8. The zero-order valence-corrected chi connectivity index (χ0v) is 13.6. The first-order valence-electron chi connectivity index (χ1n) is 8.69. The lowest BCUT2D eigenvalue weighted by Gasteiger charge is -2.41. The van der Waals surface area contributed by atoms with Crippen LogP contribution in [0.1, 0.15) is 37.9 Å². The molecule has 1 N–H and O–H groups in total. The molecular formula is C17H22N4O3. The molecule has 1 aliphatic heterocycles. The van der Waals surface area contributed by atoms with E-state index in [0.29, 0.717) is 23.4 Å². The monoisotopic (exact) mass is 330 g/mol. The predicted molar refractivity (Wildman–Crippen MR) is 85.9 cm³/mol. The third kappa shape index (κ3) is 3.16. The van der Waals surface area contributed by atoms with Gasteiger partial charge in [-0.15, -0.1) is 0 Å². The molecule has 0 bridgehead atoms. The molecular weight excluding hydrogens is 308 g/mol. The van der Waals surface area contributed by atoms with Crippen molar-refractivity contribution in [3.8, 4) is 11.7 Å². The lowest BCUT2D eigenvalue weighted by atomic mass is 9.75. The maximum Gasteiger partial charge on any atom is 0.317 e. The minimum atomic E-state index is -0.0385. The Morgan fingerprint density at radius 2 is 2.17 bits per heavy atom. The van der Waals surface area contributed by atoms with Gasteiger partial charge in [-0.1, -0.05) is 24.4 Å². The summed E-state index contributed by atoms with van der Waals surface area (Å²) < 4.78 is 10.3. The molecule has 2 aromatic rings. The number of nitrogens with one attached hydrogen (secondary N) is 1. The number of carbonyl (C=O) groups excluding carboxylic acids is 1. The number of hydrogen-bond donors (Lipinski definition) is 1. The van der Waals surface area contributed by atoms with Crippen molar-refractivity contribution in [2.24, 2.45) is 11.8 Å². The fraction of sp³-hybridized carbons (Fsp3) is 0.588. The second-order valence-corrected chi connectivity index (χ2v) is 6.69. The molecule has 2 amide bonds. The molecule has 2 aromatic heterocycles. The zero-order chi connectivity index (χ0) is 16.4. The Labute approximate surface area is 140 Å². The molecule has 2 unspecified atom stereocenters. The zero-order valence-electron chi connectivity index (χ0n) is 13.6. The second kappa shape index (κ2) is 6.67. The van der Waals surface area contributed by atoms with Crippen molar-refractivity contribution >= 4 is 6.03 Å². The molecule has 24 heavy (non-hydrogen) atoms. The van der Waals surface area contributed by atoms with Crippen molar-refractivity contribution < 1.29 is 13.7 Å². The normalized spacial score (nSPS) is 23.8. The van der Waals surface area contributed by atoms with E-state index in [1.54, 1.807) is 18.4 Å². The summed E-state index contributed by atoms with van der Waals surface area (Å²) in [6.45, 7) is 1.98. The molecule has 0 spiro atoms. The minimum Gasteiger partial charge on any atom is -0.459 e. The smallest absolute Gasteiger partial charge is 0.317 e. The lowest BCUT2D eigenvalue weighted by molar-refractivity contribution is 0.102. The van der Waals surface area contributed by atoms with Gasteiger partial charge in [0, 0.05) is 13.1 Å². The highest BCUT2D eigenvalue weighted by atomic mass is 16.5. The summed E-state index contributed by atoms with van der Waals surface area (Å²) in [5.41, 5.74) is 0. The van der Waals surface area contributed by atoms with Crippen molar-refractivity contribution in [2.75, 3.05) is 13.1 Å². The van der Waals surface area contributed by atoms with Gasteiger partial charge in [0.25, 0.3) is 5.89 Å². The van der Waals surface area contributed by atoms with Gasteiger partial charge < -0.3 is 19.2 Å². The molecule has 2 fully saturated rings.